The van der Waals surface area contributed by atoms with E-state index < -0.39 is 0 Å². The summed E-state index contributed by atoms with van der Waals surface area (Å²) in [6, 6.07) is 19.7. The van der Waals surface area contributed by atoms with E-state index in [2.05, 4.69) is 40.8 Å². The Morgan fingerprint density at radius 2 is 1.85 bits per heavy atom. The molecule has 0 bridgehead atoms. The molecule has 2 aromatic carbocycles. The Morgan fingerprint density at radius 1 is 1.00 bits per heavy atom. The number of fused-ring (bicyclic) bond motifs is 1. The van der Waals surface area contributed by atoms with Crippen LogP contribution in [0.25, 0.3) is 11.0 Å². The van der Waals surface area contributed by atoms with Gasteiger partial charge in [-0.05, 0) is 68.1 Å². The molecule has 170 valence electrons. The molecule has 0 atom stereocenters. The van der Waals surface area contributed by atoms with Crippen molar-refractivity contribution in [2.45, 2.75) is 39.7 Å². The molecular formula is C27H30N4O2. The molecule has 0 aliphatic heterocycles. The summed E-state index contributed by atoms with van der Waals surface area (Å²) in [5.41, 5.74) is 4.98. The van der Waals surface area contributed by atoms with Crippen molar-refractivity contribution in [1.29, 1.82) is 0 Å². The zero-order chi connectivity index (χ0) is 23.0. The third-order valence-corrected chi connectivity index (χ3v) is 5.85. The zero-order valence-corrected chi connectivity index (χ0v) is 19.3. The van der Waals surface area contributed by atoms with Crippen molar-refractivity contribution in [3.63, 3.8) is 0 Å². The average molecular weight is 443 g/mol. The van der Waals surface area contributed by atoms with Crippen LogP contribution in [0.4, 0.5) is 0 Å². The number of pyridine rings is 1. The fourth-order valence-electron chi connectivity index (χ4n) is 3.88. The van der Waals surface area contributed by atoms with Crippen molar-refractivity contribution in [3.05, 3.63) is 89.5 Å². The Kier molecular flexibility index (Phi) is 7.35. The largest absolute Gasteiger partial charge is 0.493 e. The first-order chi connectivity index (χ1) is 16.1. The molecule has 0 unspecified atom stereocenters. The number of aryl methyl sites for hydroxylation is 2. The second-order valence-electron chi connectivity index (χ2n) is 8.14. The second kappa shape index (κ2) is 10.8. The summed E-state index contributed by atoms with van der Waals surface area (Å²) in [7, 11) is 0. The van der Waals surface area contributed by atoms with Crippen molar-refractivity contribution in [2.75, 3.05) is 13.2 Å². The number of hydrogen-bond acceptors (Lipinski definition) is 4. The molecule has 6 heteroatoms. The molecule has 4 aromatic rings. The van der Waals surface area contributed by atoms with Crippen LogP contribution in [0.3, 0.4) is 0 Å². The van der Waals surface area contributed by atoms with E-state index in [-0.39, 0.29) is 5.91 Å². The number of amides is 1. The number of benzene rings is 2. The summed E-state index contributed by atoms with van der Waals surface area (Å²) in [4.78, 5) is 21.2. The smallest absolute Gasteiger partial charge is 0.269 e. The normalized spacial score (nSPS) is 11.0. The molecule has 1 amide bonds. The molecule has 0 spiro atoms. The van der Waals surface area contributed by atoms with E-state index in [4.69, 9.17) is 9.72 Å². The number of unbranched alkanes of at least 4 members (excludes halogenated alkanes) is 1. The molecule has 0 saturated carbocycles. The van der Waals surface area contributed by atoms with Crippen LogP contribution in [0.2, 0.25) is 0 Å². The van der Waals surface area contributed by atoms with Gasteiger partial charge in [-0.25, -0.2) is 4.98 Å². The van der Waals surface area contributed by atoms with Gasteiger partial charge >= 0.3 is 0 Å². The van der Waals surface area contributed by atoms with Gasteiger partial charge in [-0.2, -0.15) is 0 Å². The second-order valence-corrected chi connectivity index (χ2v) is 8.14. The predicted octanol–water partition coefficient (Wildman–Crippen LogP) is 4.88. The molecule has 0 aliphatic rings. The molecule has 4 rings (SSSR count). The van der Waals surface area contributed by atoms with Crippen LogP contribution in [0.15, 0.2) is 66.9 Å². The maximum atomic E-state index is 12.3. The van der Waals surface area contributed by atoms with Crippen LogP contribution in [-0.4, -0.2) is 33.6 Å². The Balaban J connectivity index is 1.34. The number of rotatable bonds is 10. The topological polar surface area (TPSA) is 69.0 Å². The molecule has 2 heterocycles. The highest BCUT2D eigenvalue weighted by molar-refractivity contribution is 5.92. The van der Waals surface area contributed by atoms with Gasteiger partial charge in [0, 0.05) is 25.7 Å². The lowest BCUT2D eigenvalue weighted by Gasteiger charge is -2.12. The van der Waals surface area contributed by atoms with E-state index in [9.17, 15) is 4.79 Å². The van der Waals surface area contributed by atoms with Crippen LogP contribution in [0.1, 0.15) is 40.3 Å². The monoisotopic (exact) mass is 442 g/mol. The predicted molar refractivity (Wildman–Crippen MR) is 131 cm³/mol. The van der Waals surface area contributed by atoms with Crippen molar-refractivity contribution in [3.8, 4) is 5.75 Å². The lowest BCUT2D eigenvalue weighted by atomic mass is 10.1. The first-order valence-corrected chi connectivity index (χ1v) is 11.5. The van der Waals surface area contributed by atoms with Crippen LogP contribution >= 0.6 is 0 Å². The molecular weight excluding hydrogens is 412 g/mol. The maximum Gasteiger partial charge on any atom is 0.269 e. The highest BCUT2D eigenvalue weighted by atomic mass is 16.5. The average Bonchev–Trinajstić information content (AvgIpc) is 3.19. The summed E-state index contributed by atoms with van der Waals surface area (Å²) >= 11 is 0. The van der Waals surface area contributed by atoms with Gasteiger partial charge in [0.25, 0.3) is 5.91 Å². The number of imidazole rings is 1. The first kappa shape index (κ1) is 22.5. The number of carbonyl (C=O) groups is 1. The van der Waals surface area contributed by atoms with Gasteiger partial charge < -0.3 is 14.6 Å². The molecule has 0 radical (unpaired) electrons. The fourth-order valence-corrected chi connectivity index (χ4v) is 3.88. The minimum Gasteiger partial charge on any atom is -0.493 e. The third kappa shape index (κ3) is 5.58. The van der Waals surface area contributed by atoms with E-state index >= 15 is 0 Å². The number of aromatic nitrogens is 3. The standard InChI is InChI=1S/C27H30N4O2/c1-20-10-9-14-25(21(20)2)33-19-8-7-18-31-24-13-4-3-11-22(24)30-26(31)15-17-29-27(32)23-12-5-6-16-28-23/h3-6,9-14,16H,7-8,15,17-19H2,1-2H3,(H,29,32). The lowest BCUT2D eigenvalue weighted by molar-refractivity contribution is 0.0949. The third-order valence-electron chi connectivity index (χ3n) is 5.85. The van der Waals surface area contributed by atoms with Gasteiger partial charge in [0.2, 0.25) is 0 Å². The van der Waals surface area contributed by atoms with E-state index in [1.54, 1.807) is 18.3 Å². The number of hydrogen-bond donors (Lipinski definition) is 1. The minimum atomic E-state index is -0.165. The van der Waals surface area contributed by atoms with Crippen molar-refractivity contribution in [2.24, 2.45) is 0 Å². The molecule has 0 fully saturated rings. The summed E-state index contributed by atoms with van der Waals surface area (Å²) in [6.07, 6.45) is 4.22. The van der Waals surface area contributed by atoms with Gasteiger partial charge in [0.1, 0.15) is 17.3 Å². The van der Waals surface area contributed by atoms with Gasteiger partial charge in [-0.15, -0.1) is 0 Å². The molecule has 0 saturated heterocycles. The number of nitrogens with one attached hydrogen (secondary N) is 1. The maximum absolute atomic E-state index is 12.3. The molecule has 33 heavy (non-hydrogen) atoms. The number of carbonyl (C=O) groups excluding carboxylic acids is 1. The van der Waals surface area contributed by atoms with E-state index in [0.29, 0.717) is 25.3 Å². The Labute approximate surface area is 194 Å². The van der Waals surface area contributed by atoms with E-state index in [1.807, 2.05) is 36.4 Å². The van der Waals surface area contributed by atoms with E-state index in [0.717, 1.165) is 42.0 Å². The highest BCUT2D eigenvalue weighted by Gasteiger charge is 2.12. The van der Waals surface area contributed by atoms with Crippen LogP contribution in [0, 0.1) is 13.8 Å². The van der Waals surface area contributed by atoms with E-state index in [1.165, 1.54) is 11.1 Å². The van der Waals surface area contributed by atoms with Crippen LogP contribution < -0.4 is 10.1 Å². The fraction of sp³-hybridized carbons (Fsp3) is 0.296. The number of nitrogens with zero attached hydrogens (tertiary/aromatic N) is 3. The number of para-hydroxylation sites is 2. The molecule has 6 nitrogen and oxygen atoms in total. The minimum absolute atomic E-state index is 0.165. The van der Waals surface area contributed by atoms with Crippen LogP contribution in [-0.2, 0) is 13.0 Å². The highest BCUT2D eigenvalue weighted by Crippen LogP contribution is 2.21. The van der Waals surface area contributed by atoms with Crippen molar-refractivity contribution >= 4 is 16.9 Å². The van der Waals surface area contributed by atoms with Gasteiger partial charge in [-0.1, -0.05) is 30.3 Å². The summed E-state index contributed by atoms with van der Waals surface area (Å²) in [6.45, 7) is 6.26. The van der Waals surface area contributed by atoms with Gasteiger partial charge in [-0.3, -0.25) is 9.78 Å². The van der Waals surface area contributed by atoms with Crippen molar-refractivity contribution < 1.29 is 9.53 Å². The Hall–Kier alpha value is -3.67. The lowest BCUT2D eigenvalue weighted by Crippen LogP contribution is -2.27. The quantitative estimate of drug-likeness (QED) is 0.356. The Morgan fingerprint density at radius 3 is 2.70 bits per heavy atom. The molecule has 0 aliphatic carbocycles. The molecule has 1 N–H and O–H groups in total. The van der Waals surface area contributed by atoms with Gasteiger partial charge in [0.05, 0.1) is 17.6 Å². The summed E-state index contributed by atoms with van der Waals surface area (Å²) in [5.74, 6) is 1.78. The summed E-state index contributed by atoms with van der Waals surface area (Å²) in [5, 5.41) is 2.95. The molecule has 2 aromatic heterocycles. The SMILES string of the molecule is Cc1cccc(OCCCCn2c(CCNC(=O)c3ccccn3)nc3ccccc32)c1C. The number of ether oxygens (including phenoxy) is 1. The summed E-state index contributed by atoms with van der Waals surface area (Å²) < 4.78 is 8.27. The van der Waals surface area contributed by atoms with Gasteiger partial charge in [0.15, 0.2) is 0 Å². The zero-order valence-electron chi connectivity index (χ0n) is 19.3. The van der Waals surface area contributed by atoms with Crippen molar-refractivity contribution in [1.82, 2.24) is 19.9 Å². The Bertz CT molecular complexity index is 1220. The van der Waals surface area contributed by atoms with Crippen LogP contribution in [0.5, 0.6) is 5.75 Å². The first-order valence-electron chi connectivity index (χ1n) is 11.5.